The highest BCUT2D eigenvalue weighted by atomic mass is 35.5. The lowest BCUT2D eigenvalue weighted by atomic mass is 10.0. The van der Waals surface area contributed by atoms with E-state index in [1.807, 2.05) is 0 Å². The van der Waals surface area contributed by atoms with Gasteiger partial charge in [-0.15, -0.1) is 0 Å². The van der Waals surface area contributed by atoms with Gasteiger partial charge in [-0.1, -0.05) is 35.8 Å². The number of esters is 2. The highest BCUT2D eigenvalue weighted by Gasteiger charge is 2.26. The molecule has 1 unspecified atom stereocenters. The maximum absolute atomic E-state index is 11.7. The molecule has 0 saturated heterocycles. The van der Waals surface area contributed by atoms with Gasteiger partial charge in [-0.25, -0.2) is 4.79 Å². The Balaban J connectivity index is 3.14. The third-order valence-corrected chi connectivity index (χ3v) is 2.95. The summed E-state index contributed by atoms with van der Waals surface area (Å²) in [6, 6.07) is 4.65. The van der Waals surface area contributed by atoms with E-state index in [1.54, 1.807) is 19.1 Å². The van der Waals surface area contributed by atoms with Crippen LogP contribution in [0, 0.1) is 0 Å². The number of benzene rings is 1. The molecule has 6 heteroatoms. The Hall–Kier alpha value is -1.52. The van der Waals surface area contributed by atoms with Crippen LogP contribution in [-0.2, 0) is 19.1 Å². The van der Waals surface area contributed by atoms with Crippen molar-refractivity contribution in [1.82, 2.24) is 0 Å². The summed E-state index contributed by atoms with van der Waals surface area (Å²) in [6.45, 7) is 6.72. The fourth-order valence-electron chi connectivity index (χ4n) is 1.53. The molecule has 0 saturated carbocycles. The van der Waals surface area contributed by atoms with Gasteiger partial charge in [0.05, 0.1) is 12.2 Å². The summed E-state index contributed by atoms with van der Waals surface area (Å²) in [5.74, 6) is -1.21. The lowest BCUT2D eigenvalue weighted by Crippen LogP contribution is -2.18. The van der Waals surface area contributed by atoms with Crippen molar-refractivity contribution in [3.05, 3.63) is 46.0 Å². The summed E-state index contributed by atoms with van der Waals surface area (Å²) in [4.78, 5) is 22.9. The van der Waals surface area contributed by atoms with Crippen LogP contribution in [-0.4, -0.2) is 18.5 Å². The van der Waals surface area contributed by atoms with Crippen LogP contribution in [0.1, 0.15) is 25.5 Å². The Morgan fingerprint density at radius 2 is 2.00 bits per heavy atom. The molecule has 0 aliphatic carbocycles. The van der Waals surface area contributed by atoms with Crippen LogP contribution in [0.15, 0.2) is 30.4 Å². The Labute approximate surface area is 127 Å². The zero-order valence-corrected chi connectivity index (χ0v) is 12.6. The summed E-state index contributed by atoms with van der Waals surface area (Å²) >= 11 is 11.9. The van der Waals surface area contributed by atoms with Crippen molar-refractivity contribution in [2.45, 2.75) is 20.0 Å². The van der Waals surface area contributed by atoms with Gasteiger partial charge in [0.25, 0.3) is 0 Å². The van der Waals surface area contributed by atoms with Crippen LogP contribution in [0.3, 0.4) is 0 Å². The molecule has 0 fully saturated rings. The molecule has 0 N–H and O–H groups in total. The van der Waals surface area contributed by atoms with Gasteiger partial charge in [-0.05, 0) is 19.1 Å². The Morgan fingerprint density at radius 3 is 2.50 bits per heavy atom. The standard InChI is InChI=1S/C14H14Cl2O4/c1-4-19-14(18)8(2)13(20-9(3)17)11-6-5-10(15)7-12(11)16/h5-7,13H,2,4H2,1,3H3. The van der Waals surface area contributed by atoms with Crippen molar-refractivity contribution >= 4 is 35.1 Å². The maximum Gasteiger partial charge on any atom is 0.337 e. The van der Waals surface area contributed by atoms with Gasteiger partial charge in [0, 0.05) is 22.5 Å². The van der Waals surface area contributed by atoms with Gasteiger partial charge in [-0.2, -0.15) is 0 Å². The van der Waals surface area contributed by atoms with Crippen LogP contribution in [0.2, 0.25) is 10.0 Å². The topological polar surface area (TPSA) is 52.6 Å². The molecule has 0 aromatic heterocycles. The average Bonchev–Trinajstić information content (AvgIpc) is 2.35. The van der Waals surface area contributed by atoms with Crippen molar-refractivity contribution in [2.75, 3.05) is 6.61 Å². The Morgan fingerprint density at radius 1 is 1.35 bits per heavy atom. The van der Waals surface area contributed by atoms with Crippen LogP contribution < -0.4 is 0 Å². The number of ether oxygens (including phenoxy) is 2. The van der Waals surface area contributed by atoms with E-state index in [0.29, 0.717) is 10.6 Å². The molecule has 0 aliphatic heterocycles. The van der Waals surface area contributed by atoms with E-state index >= 15 is 0 Å². The SMILES string of the molecule is C=C(C(=O)OCC)C(OC(C)=O)c1ccc(Cl)cc1Cl. The van der Waals surface area contributed by atoms with Crippen molar-refractivity contribution in [3.63, 3.8) is 0 Å². The monoisotopic (exact) mass is 316 g/mol. The second kappa shape index (κ2) is 7.31. The predicted molar refractivity (Wildman–Crippen MR) is 76.7 cm³/mol. The highest BCUT2D eigenvalue weighted by molar-refractivity contribution is 6.35. The number of hydrogen-bond donors (Lipinski definition) is 0. The van der Waals surface area contributed by atoms with E-state index in [9.17, 15) is 9.59 Å². The minimum absolute atomic E-state index is 0.00808. The first-order chi connectivity index (χ1) is 9.36. The molecule has 1 aromatic carbocycles. The van der Waals surface area contributed by atoms with Gasteiger partial charge < -0.3 is 9.47 Å². The van der Waals surface area contributed by atoms with Crippen LogP contribution in [0.25, 0.3) is 0 Å². The van der Waals surface area contributed by atoms with E-state index in [0.717, 1.165) is 0 Å². The van der Waals surface area contributed by atoms with Crippen LogP contribution in [0.4, 0.5) is 0 Å². The lowest BCUT2D eigenvalue weighted by Gasteiger charge is -2.20. The molecule has 4 nitrogen and oxygen atoms in total. The summed E-state index contributed by atoms with van der Waals surface area (Å²) in [6.07, 6.45) is -1.00. The molecule has 1 aromatic rings. The van der Waals surface area contributed by atoms with Gasteiger partial charge in [0.15, 0.2) is 6.10 Å². The first-order valence-corrected chi connectivity index (χ1v) is 6.60. The lowest BCUT2D eigenvalue weighted by molar-refractivity contribution is -0.147. The number of hydrogen-bond acceptors (Lipinski definition) is 4. The van der Waals surface area contributed by atoms with Crippen molar-refractivity contribution in [2.24, 2.45) is 0 Å². The number of carbonyl (C=O) groups excluding carboxylic acids is 2. The van der Waals surface area contributed by atoms with E-state index in [-0.39, 0.29) is 17.2 Å². The van der Waals surface area contributed by atoms with Gasteiger partial charge >= 0.3 is 11.9 Å². The maximum atomic E-state index is 11.7. The van der Waals surface area contributed by atoms with Crippen LogP contribution >= 0.6 is 23.2 Å². The molecule has 0 heterocycles. The van der Waals surface area contributed by atoms with Crippen molar-refractivity contribution in [3.8, 4) is 0 Å². The molecule has 0 radical (unpaired) electrons. The van der Waals surface area contributed by atoms with E-state index < -0.39 is 18.0 Å². The quantitative estimate of drug-likeness (QED) is 0.613. The molecule has 108 valence electrons. The van der Waals surface area contributed by atoms with Gasteiger partial charge in [0.1, 0.15) is 0 Å². The molecule has 0 spiro atoms. The van der Waals surface area contributed by atoms with E-state index in [1.165, 1.54) is 13.0 Å². The second-order valence-corrected chi connectivity index (χ2v) is 4.74. The summed E-state index contributed by atoms with van der Waals surface area (Å²) in [7, 11) is 0. The summed E-state index contributed by atoms with van der Waals surface area (Å²) < 4.78 is 9.97. The predicted octanol–water partition coefficient (Wildman–Crippen LogP) is 3.72. The molecule has 1 rings (SSSR count). The summed E-state index contributed by atoms with van der Waals surface area (Å²) in [5, 5.41) is 0.705. The fourth-order valence-corrected chi connectivity index (χ4v) is 2.04. The zero-order valence-electron chi connectivity index (χ0n) is 11.1. The first kappa shape index (κ1) is 16.5. The largest absolute Gasteiger partial charge is 0.463 e. The second-order valence-electron chi connectivity index (χ2n) is 3.90. The normalized spacial score (nSPS) is 11.6. The fraction of sp³-hybridized carbons (Fsp3) is 0.286. The Bertz CT molecular complexity index is 540. The van der Waals surface area contributed by atoms with Gasteiger partial charge in [0.2, 0.25) is 0 Å². The minimum atomic E-state index is -1.00. The van der Waals surface area contributed by atoms with E-state index in [4.69, 9.17) is 32.7 Å². The third kappa shape index (κ3) is 4.25. The number of carbonyl (C=O) groups is 2. The third-order valence-electron chi connectivity index (χ3n) is 2.38. The summed E-state index contributed by atoms with van der Waals surface area (Å²) in [5.41, 5.74) is 0.413. The van der Waals surface area contributed by atoms with Crippen molar-refractivity contribution in [1.29, 1.82) is 0 Å². The average molecular weight is 317 g/mol. The molecule has 0 amide bonds. The Kier molecular flexibility index (Phi) is 6.05. The first-order valence-electron chi connectivity index (χ1n) is 5.84. The molecular formula is C14H14Cl2O4. The number of rotatable bonds is 5. The molecule has 1 atom stereocenters. The van der Waals surface area contributed by atoms with Crippen molar-refractivity contribution < 1.29 is 19.1 Å². The van der Waals surface area contributed by atoms with Crippen LogP contribution in [0.5, 0.6) is 0 Å². The molecular weight excluding hydrogens is 303 g/mol. The number of halogens is 2. The molecule has 0 bridgehead atoms. The zero-order chi connectivity index (χ0) is 15.3. The smallest absolute Gasteiger partial charge is 0.337 e. The molecule has 20 heavy (non-hydrogen) atoms. The minimum Gasteiger partial charge on any atom is -0.463 e. The van der Waals surface area contributed by atoms with E-state index in [2.05, 4.69) is 6.58 Å². The molecule has 0 aliphatic rings. The van der Waals surface area contributed by atoms with Gasteiger partial charge in [-0.3, -0.25) is 4.79 Å². The highest BCUT2D eigenvalue weighted by Crippen LogP contribution is 2.33.